The summed E-state index contributed by atoms with van der Waals surface area (Å²) in [6.07, 6.45) is 0. The average Bonchev–Trinajstić information content (AvgIpc) is 2.95. The van der Waals surface area contributed by atoms with Crippen LogP contribution in [0.3, 0.4) is 0 Å². The van der Waals surface area contributed by atoms with Crippen LogP contribution < -0.4 is 10.6 Å². The number of amides is 2. The number of hydrogen-bond acceptors (Lipinski definition) is 3. The highest BCUT2D eigenvalue weighted by molar-refractivity contribution is 6.30. The van der Waals surface area contributed by atoms with Crippen molar-refractivity contribution >= 4 is 45.8 Å². The van der Waals surface area contributed by atoms with E-state index in [1.54, 1.807) is 56.3 Å². The number of benzene rings is 2. The van der Waals surface area contributed by atoms with Gasteiger partial charge in [-0.05, 0) is 36.4 Å². The van der Waals surface area contributed by atoms with Crippen LogP contribution in [0, 0.1) is 5.92 Å². The summed E-state index contributed by atoms with van der Waals surface area (Å²) in [6, 6.07) is 13.9. The molecule has 1 heterocycles. The lowest BCUT2D eigenvalue weighted by molar-refractivity contribution is -0.118. The summed E-state index contributed by atoms with van der Waals surface area (Å²) in [6.45, 7) is 3.57. The fraction of sp³-hybridized carbons (Fsp3) is 0.158. The van der Waals surface area contributed by atoms with E-state index in [0.717, 1.165) is 0 Å². The second-order valence-corrected chi connectivity index (χ2v) is 6.34. The maximum Gasteiger partial charge on any atom is 0.293 e. The number of anilines is 2. The van der Waals surface area contributed by atoms with Crippen molar-refractivity contribution in [2.45, 2.75) is 13.8 Å². The van der Waals surface area contributed by atoms with Crippen molar-refractivity contribution in [3.05, 3.63) is 59.3 Å². The second kappa shape index (κ2) is 6.99. The Labute approximate surface area is 150 Å². The molecule has 5 nitrogen and oxygen atoms in total. The highest BCUT2D eigenvalue weighted by atomic mass is 35.5. The van der Waals surface area contributed by atoms with Gasteiger partial charge in [0, 0.05) is 22.0 Å². The highest BCUT2D eigenvalue weighted by Gasteiger charge is 2.23. The molecular weight excluding hydrogens is 340 g/mol. The molecule has 0 saturated carbocycles. The van der Waals surface area contributed by atoms with Gasteiger partial charge in [-0.25, -0.2) is 0 Å². The van der Waals surface area contributed by atoms with Gasteiger partial charge in [0.05, 0.1) is 0 Å². The third-order valence-electron chi connectivity index (χ3n) is 3.68. The fourth-order valence-corrected chi connectivity index (χ4v) is 2.44. The molecule has 0 aliphatic rings. The molecule has 2 aromatic carbocycles. The van der Waals surface area contributed by atoms with Crippen LogP contribution in [0.25, 0.3) is 11.0 Å². The van der Waals surface area contributed by atoms with Crippen LogP contribution in [-0.2, 0) is 4.79 Å². The van der Waals surface area contributed by atoms with Gasteiger partial charge in [-0.2, -0.15) is 0 Å². The molecule has 0 unspecified atom stereocenters. The van der Waals surface area contributed by atoms with Gasteiger partial charge in [-0.3, -0.25) is 9.59 Å². The number of fused-ring (bicyclic) bond motifs is 1. The number of para-hydroxylation sites is 1. The van der Waals surface area contributed by atoms with Crippen LogP contribution in [0.2, 0.25) is 5.02 Å². The molecule has 1 aromatic heterocycles. The van der Waals surface area contributed by atoms with Gasteiger partial charge in [-0.1, -0.05) is 37.6 Å². The lowest BCUT2D eigenvalue weighted by Crippen LogP contribution is -2.20. The van der Waals surface area contributed by atoms with E-state index < -0.39 is 5.91 Å². The minimum Gasteiger partial charge on any atom is -0.449 e. The first-order valence-electron chi connectivity index (χ1n) is 7.85. The predicted molar refractivity (Wildman–Crippen MR) is 99.1 cm³/mol. The maximum absolute atomic E-state index is 12.7. The lowest BCUT2D eigenvalue weighted by atomic mass is 10.1. The number of carbonyl (C=O) groups excluding carboxylic acids is 2. The third-order valence-corrected chi connectivity index (χ3v) is 3.93. The zero-order valence-electron chi connectivity index (χ0n) is 13.8. The predicted octanol–water partition coefficient (Wildman–Crippen LogP) is 4.93. The molecule has 0 atom stereocenters. The van der Waals surface area contributed by atoms with Crippen molar-refractivity contribution in [1.82, 2.24) is 0 Å². The normalized spacial score (nSPS) is 10.9. The molecule has 0 radical (unpaired) electrons. The molecule has 0 saturated heterocycles. The standard InChI is InChI=1S/C19H17ClN2O3/c1-11(2)18(23)22-16-14-5-3-4-6-15(14)25-17(16)19(24)21-13-9-7-12(20)8-10-13/h3-11H,1-2H3,(H,21,24)(H,22,23). The molecule has 0 bridgehead atoms. The number of carbonyl (C=O) groups is 2. The van der Waals surface area contributed by atoms with Crippen molar-refractivity contribution in [2.24, 2.45) is 5.92 Å². The highest BCUT2D eigenvalue weighted by Crippen LogP contribution is 2.32. The van der Waals surface area contributed by atoms with E-state index in [2.05, 4.69) is 10.6 Å². The molecule has 25 heavy (non-hydrogen) atoms. The maximum atomic E-state index is 12.7. The van der Waals surface area contributed by atoms with Gasteiger partial charge in [-0.15, -0.1) is 0 Å². The summed E-state index contributed by atoms with van der Waals surface area (Å²) in [5, 5.41) is 6.79. The molecule has 6 heteroatoms. The Morgan fingerprint density at radius 3 is 2.36 bits per heavy atom. The molecule has 2 amide bonds. The number of halogens is 1. The van der Waals surface area contributed by atoms with Crippen molar-refractivity contribution in [3.8, 4) is 0 Å². The van der Waals surface area contributed by atoms with Crippen LogP contribution in [0.5, 0.6) is 0 Å². The third kappa shape index (κ3) is 3.67. The summed E-state index contributed by atoms with van der Waals surface area (Å²) in [7, 11) is 0. The molecule has 0 fully saturated rings. The quantitative estimate of drug-likeness (QED) is 0.696. The van der Waals surface area contributed by atoms with E-state index in [1.165, 1.54) is 0 Å². The molecule has 128 valence electrons. The largest absolute Gasteiger partial charge is 0.449 e. The van der Waals surface area contributed by atoms with Gasteiger partial charge in [0.25, 0.3) is 5.91 Å². The van der Waals surface area contributed by atoms with Gasteiger partial charge < -0.3 is 15.1 Å². The first-order valence-corrected chi connectivity index (χ1v) is 8.23. The van der Waals surface area contributed by atoms with E-state index >= 15 is 0 Å². The number of furan rings is 1. The Morgan fingerprint density at radius 2 is 1.68 bits per heavy atom. The summed E-state index contributed by atoms with van der Waals surface area (Å²) >= 11 is 5.85. The topological polar surface area (TPSA) is 71.3 Å². The SMILES string of the molecule is CC(C)C(=O)Nc1c(C(=O)Nc2ccc(Cl)cc2)oc2ccccc12. The molecule has 3 aromatic rings. The van der Waals surface area contributed by atoms with Gasteiger partial charge >= 0.3 is 0 Å². The zero-order chi connectivity index (χ0) is 18.0. The lowest BCUT2D eigenvalue weighted by Gasteiger charge is -2.09. The fourth-order valence-electron chi connectivity index (χ4n) is 2.32. The van der Waals surface area contributed by atoms with Crippen LogP contribution in [0.15, 0.2) is 52.9 Å². The molecule has 3 rings (SSSR count). The molecule has 2 N–H and O–H groups in total. The molecule has 0 spiro atoms. The van der Waals surface area contributed by atoms with Gasteiger partial charge in [0.1, 0.15) is 11.3 Å². The Morgan fingerprint density at radius 1 is 1.00 bits per heavy atom. The Hall–Kier alpha value is -2.79. The van der Waals surface area contributed by atoms with E-state index in [1.807, 2.05) is 6.07 Å². The van der Waals surface area contributed by atoms with Crippen molar-refractivity contribution < 1.29 is 14.0 Å². The zero-order valence-corrected chi connectivity index (χ0v) is 14.6. The Balaban J connectivity index is 1.97. The van der Waals surface area contributed by atoms with Gasteiger partial charge in [0.2, 0.25) is 11.7 Å². The van der Waals surface area contributed by atoms with Crippen molar-refractivity contribution in [2.75, 3.05) is 10.6 Å². The molecule has 0 aliphatic heterocycles. The minimum absolute atomic E-state index is 0.0603. The summed E-state index contributed by atoms with van der Waals surface area (Å²) in [4.78, 5) is 24.8. The number of rotatable bonds is 4. The first-order chi connectivity index (χ1) is 12.0. The van der Waals surface area contributed by atoms with Crippen LogP contribution in [-0.4, -0.2) is 11.8 Å². The molecular formula is C19H17ClN2O3. The van der Waals surface area contributed by atoms with Crippen LogP contribution >= 0.6 is 11.6 Å². The summed E-state index contributed by atoms with van der Waals surface area (Å²) in [5.41, 5.74) is 1.49. The molecule has 0 aliphatic carbocycles. The first kappa shape index (κ1) is 17.0. The summed E-state index contributed by atoms with van der Waals surface area (Å²) in [5.74, 6) is -0.796. The second-order valence-electron chi connectivity index (χ2n) is 5.91. The average molecular weight is 357 g/mol. The van der Waals surface area contributed by atoms with Crippen LogP contribution in [0.1, 0.15) is 24.4 Å². The van der Waals surface area contributed by atoms with Gasteiger partial charge in [0.15, 0.2) is 0 Å². The Bertz CT molecular complexity index is 929. The Kier molecular flexibility index (Phi) is 4.76. The summed E-state index contributed by atoms with van der Waals surface area (Å²) < 4.78 is 5.68. The minimum atomic E-state index is -0.447. The van der Waals surface area contributed by atoms with E-state index in [4.69, 9.17) is 16.0 Å². The van der Waals surface area contributed by atoms with E-state index in [9.17, 15) is 9.59 Å². The van der Waals surface area contributed by atoms with Crippen LogP contribution in [0.4, 0.5) is 11.4 Å². The number of hydrogen-bond donors (Lipinski definition) is 2. The van der Waals surface area contributed by atoms with E-state index in [0.29, 0.717) is 27.4 Å². The smallest absolute Gasteiger partial charge is 0.293 e. The van der Waals surface area contributed by atoms with Crippen molar-refractivity contribution in [3.63, 3.8) is 0 Å². The van der Waals surface area contributed by atoms with Crippen molar-refractivity contribution in [1.29, 1.82) is 0 Å². The monoisotopic (exact) mass is 356 g/mol. The number of nitrogens with one attached hydrogen (secondary N) is 2. The van der Waals surface area contributed by atoms with E-state index in [-0.39, 0.29) is 17.6 Å².